The molecule has 0 saturated carbocycles. The Balaban J connectivity index is 1.83. The van der Waals surface area contributed by atoms with Crippen molar-refractivity contribution in [2.24, 2.45) is 0 Å². The van der Waals surface area contributed by atoms with Gasteiger partial charge in [-0.15, -0.1) is 23.5 Å². The maximum atomic E-state index is 12.6. The smallest absolute Gasteiger partial charge is 0.305 e. The highest BCUT2D eigenvalue weighted by Gasteiger charge is 2.28. The Morgan fingerprint density at radius 3 is 2.59 bits per heavy atom. The minimum atomic E-state index is -0.978. The summed E-state index contributed by atoms with van der Waals surface area (Å²) in [6.45, 7) is 2.06. The Bertz CT molecular complexity index is 1200. The number of amides is 1. The number of hydrogen-bond acceptors (Lipinski definition) is 5. The molecule has 34 heavy (non-hydrogen) atoms. The van der Waals surface area contributed by atoms with Crippen LogP contribution in [0.1, 0.15) is 34.7 Å². The van der Waals surface area contributed by atoms with E-state index in [0.29, 0.717) is 5.02 Å². The molecule has 0 aliphatic rings. The van der Waals surface area contributed by atoms with Crippen LogP contribution in [-0.4, -0.2) is 52.0 Å². The molecule has 0 aliphatic carbocycles. The van der Waals surface area contributed by atoms with Crippen LogP contribution in [0.3, 0.4) is 0 Å². The molecule has 0 saturated heterocycles. The second-order valence-corrected chi connectivity index (χ2v) is 11.2. The normalized spacial score (nSPS) is 13.2. The summed E-state index contributed by atoms with van der Waals surface area (Å²) in [4.78, 5) is 30.1. The lowest BCUT2D eigenvalue weighted by Crippen LogP contribution is -2.33. The predicted octanol–water partition coefficient (Wildman–Crippen LogP) is 6.48. The van der Waals surface area contributed by atoms with Crippen LogP contribution in [0.4, 0.5) is 0 Å². The standard InChI is InChI=1S/C26H27ClN2O3S2/c1-4-33-26(34-23(16-24(30)31)25(32)29(2)3)19-7-5-6-17(14-19)8-12-21-13-10-18-9-11-20(27)15-22(18)28-21/h5-15,23,26H,4,16H2,1-3H3,(H,30,31)/b12-8+. The number of carboxylic acid groups (broad SMARTS) is 1. The lowest BCUT2D eigenvalue weighted by molar-refractivity contribution is -0.139. The summed E-state index contributed by atoms with van der Waals surface area (Å²) in [5.41, 5.74) is 3.71. The van der Waals surface area contributed by atoms with Crippen molar-refractivity contribution in [3.05, 3.63) is 76.4 Å². The van der Waals surface area contributed by atoms with Gasteiger partial charge in [-0.25, -0.2) is 4.98 Å². The largest absolute Gasteiger partial charge is 0.481 e. The Labute approximate surface area is 213 Å². The van der Waals surface area contributed by atoms with Crippen LogP contribution in [0.25, 0.3) is 23.1 Å². The van der Waals surface area contributed by atoms with Gasteiger partial charge in [0.1, 0.15) is 0 Å². The number of rotatable bonds is 10. The lowest BCUT2D eigenvalue weighted by Gasteiger charge is -2.24. The average Bonchev–Trinajstić information content (AvgIpc) is 2.81. The van der Waals surface area contributed by atoms with Gasteiger partial charge in [0.25, 0.3) is 0 Å². The highest BCUT2D eigenvalue weighted by atomic mass is 35.5. The van der Waals surface area contributed by atoms with E-state index < -0.39 is 11.2 Å². The molecule has 1 heterocycles. The molecule has 2 aromatic carbocycles. The van der Waals surface area contributed by atoms with Crippen LogP contribution in [0, 0.1) is 0 Å². The molecule has 3 rings (SSSR count). The van der Waals surface area contributed by atoms with Crippen molar-refractivity contribution in [3.8, 4) is 0 Å². The summed E-state index contributed by atoms with van der Waals surface area (Å²) in [7, 11) is 3.31. The summed E-state index contributed by atoms with van der Waals surface area (Å²) >= 11 is 9.19. The molecule has 1 amide bonds. The van der Waals surface area contributed by atoms with Crippen LogP contribution in [0.2, 0.25) is 5.02 Å². The van der Waals surface area contributed by atoms with Crippen molar-refractivity contribution in [1.29, 1.82) is 0 Å². The number of pyridine rings is 1. The number of benzene rings is 2. The minimum absolute atomic E-state index is 0.0625. The third-order valence-electron chi connectivity index (χ3n) is 4.99. The van der Waals surface area contributed by atoms with Crippen LogP contribution < -0.4 is 0 Å². The van der Waals surface area contributed by atoms with Gasteiger partial charge in [0.05, 0.1) is 27.5 Å². The van der Waals surface area contributed by atoms with E-state index in [-0.39, 0.29) is 16.9 Å². The topological polar surface area (TPSA) is 70.5 Å². The first kappa shape index (κ1) is 26.1. The van der Waals surface area contributed by atoms with E-state index in [1.165, 1.54) is 16.7 Å². The molecular formula is C26H27ClN2O3S2. The zero-order valence-electron chi connectivity index (χ0n) is 19.3. The monoisotopic (exact) mass is 514 g/mol. The first-order valence-corrected chi connectivity index (χ1v) is 13.2. The zero-order valence-corrected chi connectivity index (χ0v) is 21.7. The van der Waals surface area contributed by atoms with Gasteiger partial charge in [0.15, 0.2) is 0 Å². The fraction of sp³-hybridized carbons (Fsp3) is 0.269. The van der Waals surface area contributed by atoms with Gasteiger partial charge in [-0.3, -0.25) is 9.59 Å². The number of thioether (sulfide) groups is 2. The predicted molar refractivity (Wildman–Crippen MR) is 145 cm³/mol. The fourth-order valence-corrected chi connectivity index (χ4v) is 6.45. The third-order valence-corrected chi connectivity index (χ3v) is 8.09. The average molecular weight is 515 g/mol. The number of hydrogen-bond donors (Lipinski definition) is 1. The van der Waals surface area contributed by atoms with Crippen molar-refractivity contribution in [1.82, 2.24) is 9.88 Å². The summed E-state index contributed by atoms with van der Waals surface area (Å²) in [5, 5.41) is 10.4. The Kier molecular flexibility index (Phi) is 9.45. The molecule has 0 spiro atoms. The lowest BCUT2D eigenvalue weighted by atomic mass is 10.1. The van der Waals surface area contributed by atoms with Gasteiger partial charge in [0.2, 0.25) is 5.91 Å². The SMILES string of the molecule is CCSC(SC(CC(=O)O)C(=O)N(C)C)c1cccc(/C=C/c2ccc3ccc(Cl)cc3n2)c1. The van der Waals surface area contributed by atoms with Crippen LogP contribution in [0.5, 0.6) is 0 Å². The number of carbonyl (C=O) groups is 2. The van der Waals surface area contributed by atoms with Gasteiger partial charge in [-0.1, -0.05) is 54.9 Å². The number of aliphatic carboxylic acids is 1. The molecule has 2 unspecified atom stereocenters. The molecular weight excluding hydrogens is 488 g/mol. The first-order chi connectivity index (χ1) is 16.3. The van der Waals surface area contributed by atoms with E-state index >= 15 is 0 Å². The van der Waals surface area contributed by atoms with Crippen molar-refractivity contribution in [2.75, 3.05) is 19.8 Å². The Hall–Kier alpha value is -2.48. The highest BCUT2D eigenvalue weighted by Crippen LogP contribution is 2.43. The van der Waals surface area contributed by atoms with Gasteiger partial charge in [0, 0.05) is 24.5 Å². The molecule has 5 nitrogen and oxygen atoms in total. The number of carbonyl (C=O) groups excluding carboxylic acids is 1. The molecule has 0 radical (unpaired) electrons. The Morgan fingerprint density at radius 1 is 1.12 bits per heavy atom. The van der Waals surface area contributed by atoms with E-state index in [0.717, 1.165) is 33.5 Å². The number of aromatic nitrogens is 1. The summed E-state index contributed by atoms with van der Waals surface area (Å²) in [6, 6.07) is 17.7. The molecule has 1 N–H and O–H groups in total. The van der Waals surface area contributed by atoms with Crippen molar-refractivity contribution >= 4 is 70.1 Å². The molecule has 0 bridgehead atoms. The summed E-state index contributed by atoms with van der Waals surface area (Å²) < 4.78 is -0.0625. The first-order valence-electron chi connectivity index (χ1n) is 10.8. The van der Waals surface area contributed by atoms with E-state index in [1.807, 2.05) is 60.7 Å². The van der Waals surface area contributed by atoms with Gasteiger partial charge in [-0.05, 0) is 47.2 Å². The highest BCUT2D eigenvalue weighted by molar-refractivity contribution is 8.16. The number of carboxylic acids is 1. The van der Waals surface area contributed by atoms with Crippen LogP contribution in [0.15, 0.2) is 54.6 Å². The minimum Gasteiger partial charge on any atom is -0.481 e. The van der Waals surface area contributed by atoms with E-state index in [4.69, 9.17) is 11.6 Å². The fourth-order valence-electron chi connectivity index (χ4n) is 3.34. The maximum absolute atomic E-state index is 12.6. The Morgan fingerprint density at radius 2 is 1.88 bits per heavy atom. The molecule has 0 aliphatic heterocycles. The molecule has 3 aromatic rings. The van der Waals surface area contributed by atoms with Crippen molar-refractivity contribution < 1.29 is 14.7 Å². The third kappa shape index (κ3) is 7.26. The zero-order chi connectivity index (χ0) is 24.7. The molecule has 8 heteroatoms. The number of fused-ring (bicyclic) bond motifs is 1. The molecule has 178 valence electrons. The summed E-state index contributed by atoms with van der Waals surface area (Å²) in [6.07, 6.45) is 3.75. The van der Waals surface area contributed by atoms with Crippen LogP contribution >= 0.6 is 35.1 Å². The summed E-state index contributed by atoms with van der Waals surface area (Å²) in [5.74, 6) is -0.321. The second kappa shape index (κ2) is 12.3. The van der Waals surface area contributed by atoms with Crippen molar-refractivity contribution in [2.45, 2.75) is 23.2 Å². The van der Waals surface area contributed by atoms with E-state index in [2.05, 4.69) is 18.0 Å². The van der Waals surface area contributed by atoms with E-state index in [1.54, 1.807) is 25.9 Å². The molecule has 2 atom stereocenters. The second-order valence-electron chi connectivity index (χ2n) is 7.82. The van der Waals surface area contributed by atoms with Gasteiger partial charge >= 0.3 is 5.97 Å². The number of nitrogens with zero attached hydrogens (tertiary/aromatic N) is 2. The maximum Gasteiger partial charge on any atom is 0.305 e. The van der Waals surface area contributed by atoms with Crippen LogP contribution in [-0.2, 0) is 9.59 Å². The van der Waals surface area contributed by atoms with Gasteiger partial charge in [-0.2, -0.15) is 0 Å². The molecule has 0 fully saturated rings. The van der Waals surface area contributed by atoms with E-state index in [9.17, 15) is 14.7 Å². The van der Waals surface area contributed by atoms with Crippen molar-refractivity contribution in [3.63, 3.8) is 0 Å². The molecule has 1 aromatic heterocycles. The van der Waals surface area contributed by atoms with Gasteiger partial charge < -0.3 is 10.0 Å². The number of halogens is 1. The quantitative estimate of drug-likeness (QED) is 0.312.